The molecule has 3 saturated heterocycles. The van der Waals surface area contributed by atoms with Crippen LogP contribution in [0, 0.1) is 17.8 Å². The Kier molecular flexibility index (Phi) is 8.19. The number of nitrogens with zero attached hydrogens (tertiary/aromatic N) is 1. The first-order chi connectivity index (χ1) is 17.3. The number of ether oxygens (including phenoxy) is 1. The van der Waals surface area contributed by atoms with Gasteiger partial charge in [-0.3, -0.25) is 14.4 Å². The summed E-state index contributed by atoms with van der Waals surface area (Å²) in [5.41, 5.74) is 0.648. The Labute approximate surface area is 217 Å². The Bertz CT molecular complexity index is 973. The largest absolute Gasteiger partial charge is 0.494 e. The molecule has 3 unspecified atom stereocenters. The van der Waals surface area contributed by atoms with Gasteiger partial charge in [0.1, 0.15) is 11.8 Å². The van der Waals surface area contributed by atoms with Gasteiger partial charge < -0.3 is 25.4 Å². The second-order valence-electron chi connectivity index (χ2n) is 10.3. The van der Waals surface area contributed by atoms with Crippen molar-refractivity contribution < 1.29 is 24.2 Å². The quantitative estimate of drug-likeness (QED) is 0.390. The number of hydrogen-bond donors (Lipinski definition) is 3. The van der Waals surface area contributed by atoms with E-state index in [0.717, 1.165) is 31.4 Å². The molecule has 2 bridgehead atoms. The number of nitrogens with one attached hydrogen (secondary N) is 2. The number of aliphatic hydroxyl groups is 1. The highest BCUT2D eigenvalue weighted by Gasteiger charge is 2.76. The monoisotopic (exact) mass is 517 g/mol. The summed E-state index contributed by atoms with van der Waals surface area (Å²) in [6.07, 6.45) is 3.73. The number of unbranched alkanes of at least 4 members (excludes halogenated alkanes) is 2. The van der Waals surface area contributed by atoms with Crippen LogP contribution in [0.25, 0.3) is 0 Å². The maximum atomic E-state index is 13.9. The molecule has 198 valence electrons. The molecule has 8 nitrogen and oxygen atoms in total. The third-order valence-corrected chi connectivity index (χ3v) is 10.1. The van der Waals surface area contributed by atoms with E-state index in [1.807, 2.05) is 19.1 Å². The summed E-state index contributed by atoms with van der Waals surface area (Å²) in [5, 5.41) is 16.0. The maximum Gasteiger partial charge on any atom is 0.244 e. The normalized spacial score (nSPS) is 31.3. The van der Waals surface area contributed by atoms with Crippen molar-refractivity contribution in [3.63, 3.8) is 0 Å². The third-order valence-electron chi connectivity index (χ3n) is 7.99. The molecule has 0 aromatic heterocycles. The summed E-state index contributed by atoms with van der Waals surface area (Å²) >= 11 is 1.64. The van der Waals surface area contributed by atoms with Crippen LogP contribution in [0.3, 0.4) is 0 Å². The van der Waals surface area contributed by atoms with Crippen LogP contribution in [0.15, 0.2) is 24.3 Å². The Balaban J connectivity index is 1.61. The van der Waals surface area contributed by atoms with Gasteiger partial charge in [0.15, 0.2) is 0 Å². The lowest BCUT2D eigenvalue weighted by Gasteiger charge is -2.39. The molecular formula is C27H39N3O5S. The van der Waals surface area contributed by atoms with Crippen molar-refractivity contribution in [2.75, 3.05) is 25.1 Å². The lowest BCUT2D eigenvalue weighted by Crippen LogP contribution is -2.58. The van der Waals surface area contributed by atoms with Gasteiger partial charge in [-0.2, -0.15) is 0 Å². The van der Waals surface area contributed by atoms with Gasteiger partial charge in [0, 0.05) is 17.5 Å². The molecule has 36 heavy (non-hydrogen) atoms. The minimum atomic E-state index is -0.702. The highest BCUT2D eigenvalue weighted by Crippen LogP contribution is 2.68. The van der Waals surface area contributed by atoms with E-state index in [1.54, 1.807) is 35.7 Å². The van der Waals surface area contributed by atoms with Crippen molar-refractivity contribution in [2.24, 2.45) is 17.8 Å². The topological polar surface area (TPSA) is 108 Å². The van der Waals surface area contributed by atoms with Crippen LogP contribution in [0.2, 0.25) is 0 Å². The van der Waals surface area contributed by atoms with E-state index < -0.39 is 28.7 Å². The van der Waals surface area contributed by atoms with Crippen molar-refractivity contribution in [3.8, 4) is 5.75 Å². The van der Waals surface area contributed by atoms with Gasteiger partial charge in [0.2, 0.25) is 17.7 Å². The maximum absolute atomic E-state index is 13.9. The van der Waals surface area contributed by atoms with E-state index >= 15 is 0 Å². The van der Waals surface area contributed by atoms with Crippen LogP contribution in [0.5, 0.6) is 5.75 Å². The fraction of sp³-hybridized carbons (Fsp3) is 0.667. The Hall–Kier alpha value is -2.26. The van der Waals surface area contributed by atoms with Crippen LogP contribution >= 0.6 is 11.8 Å². The number of fused-ring (bicyclic) bond motifs is 1. The minimum absolute atomic E-state index is 0.0291. The Morgan fingerprint density at radius 3 is 2.58 bits per heavy atom. The molecule has 0 aliphatic carbocycles. The van der Waals surface area contributed by atoms with Gasteiger partial charge in [-0.15, -0.1) is 11.8 Å². The van der Waals surface area contributed by atoms with Crippen LogP contribution in [0.1, 0.15) is 53.4 Å². The van der Waals surface area contributed by atoms with E-state index in [-0.39, 0.29) is 35.5 Å². The highest BCUT2D eigenvalue weighted by molar-refractivity contribution is 8.02. The Morgan fingerprint density at radius 1 is 1.22 bits per heavy atom. The van der Waals surface area contributed by atoms with E-state index in [1.165, 1.54) is 0 Å². The van der Waals surface area contributed by atoms with Crippen molar-refractivity contribution in [1.82, 2.24) is 10.2 Å². The van der Waals surface area contributed by atoms with Crippen molar-refractivity contribution in [3.05, 3.63) is 24.3 Å². The molecule has 3 amide bonds. The second kappa shape index (κ2) is 11.0. The van der Waals surface area contributed by atoms with Gasteiger partial charge in [0.25, 0.3) is 0 Å². The first-order valence-electron chi connectivity index (χ1n) is 13.2. The fourth-order valence-corrected chi connectivity index (χ4v) is 8.74. The number of aliphatic hydroxyl groups excluding tert-OH is 1. The number of thioether (sulfide) groups is 1. The van der Waals surface area contributed by atoms with Crippen LogP contribution < -0.4 is 15.4 Å². The van der Waals surface area contributed by atoms with Crippen molar-refractivity contribution in [1.29, 1.82) is 0 Å². The molecule has 4 rings (SSSR count). The zero-order valence-electron chi connectivity index (χ0n) is 21.7. The van der Waals surface area contributed by atoms with Gasteiger partial charge in [0.05, 0.1) is 35.8 Å². The number of likely N-dealkylation sites (tertiary alicyclic amines) is 1. The van der Waals surface area contributed by atoms with Crippen LogP contribution in [0.4, 0.5) is 5.69 Å². The van der Waals surface area contributed by atoms with E-state index in [9.17, 15) is 19.5 Å². The van der Waals surface area contributed by atoms with Crippen molar-refractivity contribution >= 4 is 35.2 Å². The van der Waals surface area contributed by atoms with Gasteiger partial charge in [-0.25, -0.2) is 0 Å². The SMILES string of the molecule is CCCCCNC(=O)C1N([C@H](C)CO)C(=O)[C@@H]2[C@@H](C(=O)Nc3ccc(OCC)cc3)[C@H]3CC(C)C12S3. The number of carbonyl (C=O) groups excluding carboxylic acids is 3. The molecule has 3 fully saturated rings. The smallest absolute Gasteiger partial charge is 0.244 e. The molecule has 7 atom stereocenters. The predicted molar refractivity (Wildman–Crippen MR) is 141 cm³/mol. The molecule has 9 heteroatoms. The summed E-state index contributed by atoms with van der Waals surface area (Å²) in [6.45, 7) is 8.77. The number of rotatable bonds is 11. The zero-order valence-corrected chi connectivity index (χ0v) is 22.5. The van der Waals surface area contributed by atoms with Gasteiger partial charge >= 0.3 is 0 Å². The minimum Gasteiger partial charge on any atom is -0.494 e. The molecule has 3 heterocycles. The fourth-order valence-electron chi connectivity index (χ4n) is 6.33. The molecule has 1 aromatic rings. The first-order valence-corrected chi connectivity index (χ1v) is 14.1. The summed E-state index contributed by atoms with van der Waals surface area (Å²) in [7, 11) is 0. The first kappa shape index (κ1) is 26.8. The second-order valence-corrected chi connectivity index (χ2v) is 11.8. The molecule has 3 aliphatic rings. The van der Waals surface area contributed by atoms with Gasteiger partial charge in [-0.05, 0) is 56.9 Å². The van der Waals surface area contributed by atoms with E-state index in [4.69, 9.17) is 4.74 Å². The van der Waals surface area contributed by atoms with Crippen LogP contribution in [-0.4, -0.2) is 69.6 Å². The standard InChI is InChI=1S/C27H39N3O5S/c1-5-7-8-13-28-25(33)23-27-16(3)14-20(36-27)21(22(27)26(34)30(23)17(4)15-31)24(32)29-18-9-11-19(12-10-18)35-6-2/h9-12,16-17,20-23,31H,5-8,13-15H2,1-4H3,(H,28,33)(H,29,32)/t16?,17-,20-,21+,22+,23?,27?/m1/s1. The molecule has 1 spiro atoms. The summed E-state index contributed by atoms with van der Waals surface area (Å²) in [6, 6.07) is 6.00. The molecule has 0 radical (unpaired) electrons. The van der Waals surface area contributed by atoms with E-state index in [2.05, 4.69) is 24.5 Å². The van der Waals surface area contributed by atoms with Crippen molar-refractivity contribution in [2.45, 2.75) is 75.5 Å². The molecule has 3 aliphatic heterocycles. The molecular weight excluding hydrogens is 478 g/mol. The number of anilines is 1. The average molecular weight is 518 g/mol. The highest BCUT2D eigenvalue weighted by atomic mass is 32.2. The summed E-state index contributed by atoms with van der Waals surface area (Å²) in [4.78, 5) is 42.7. The third kappa shape index (κ3) is 4.49. The molecule has 3 N–H and O–H groups in total. The summed E-state index contributed by atoms with van der Waals surface area (Å²) in [5.74, 6) is -0.863. The average Bonchev–Trinajstić information content (AvgIpc) is 3.46. The zero-order chi connectivity index (χ0) is 26.0. The number of benzene rings is 1. The predicted octanol–water partition coefficient (Wildman–Crippen LogP) is 3.05. The lowest BCUT2D eigenvalue weighted by molar-refractivity contribution is -0.141. The summed E-state index contributed by atoms with van der Waals surface area (Å²) < 4.78 is 4.80. The number of amides is 3. The Morgan fingerprint density at radius 2 is 1.94 bits per heavy atom. The molecule has 1 aromatic carbocycles. The van der Waals surface area contributed by atoms with Crippen LogP contribution in [-0.2, 0) is 14.4 Å². The van der Waals surface area contributed by atoms with Gasteiger partial charge in [-0.1, -0.05) is 26.7 Å². The molecule has 0 saturated carbocycles. The van der Waals surface area contributed by atoms with E-state index in [0.29, 0.717) is 18.8 Å². The lowest BCUT2D eigenvalue weighted by atomic mass is 9.66. The number of hydrogen-bond acceptors (Lipinski definition) is 6. The number of carbonyl (C=O) groups is 3.